The Bertz CT molecular complexity index is 700. The number of aromatic nitrogens is 1. The van der Waals surface area contributed by atoms with Crippen LogP contribution in [-0.2, 0) is 19.3 Å². The third-order valence-electron chi connectivity index (χ3n) is 3.56. The molecule has 0 N–H and O–H groups in total. The number of para-hydroxylation sites is 1. The van der Waals surface area contributed by atoms with Crippen molar-refractivity contribution in [3.05, 3.63) is 24.3 Å². The Kier molecular flexibility index (Phi) is 4.77. The summed E-state index contributed by atoms with van der Waals surface area (Å²) in [6.45, 7) is 2.92. The molecule has 120 valence electrons. The summed E-state index contributed by atoms with van der Waals surface area (Å²) in [6.07, 6.45) is 1.64. The van der Waals surface area contributed by atoms with Crippen LogP contribution in [0.3, 0.4) is 0 Å². The van der Waals surface area contributed by atoms with Gasteiger partial charge < -0.3 is 9.47 Å². The Morgan fingerprint density at radius 2 is 2.00 bits per heavy atom. The average molecular weight is 341 g/mol. The molecule has 1 aliphatic heterocycles. The van der Waals surface area contributed by atoms with Gasteiger partial charge in [-0.15, -0.1) is 11.3 Å². The molecule has 0 saturated carbocycles. The second-order valence-corrected chi connectivity index (χ2v) is 8.72. The van der Waals surface area contributed by atoms with Crippen molar-refractivity contribution in [3.8, 4) is 0 Å². The summed E-state index contributed by atoms with van der Waals surface area (Å²) in [5.74, 6) is -0.115. The highest BCUT2D eigenvalue weighted by molar-refractivity contribution is 7.93. The van der Waals surface area contributed by atoms with Crippen LogP contribution in [0.25, 0.3) is 10.2 Å². The average Bonchev–Trinajstić information content (AvgIpc) is 2.94. The zero-order valence-corrected chi connectivity index (χ0v) is 14.0. The minimum absolute atomic E-state index is 0.0195. The zero-order chi connectivity index (χ0) is 15.6. The van der Waals surface area contributed by atoms with Gasteiger partial charge in [-0.05, 0) is 18.6 Å². The first-order chi connectivity index (χ1) is 10.6. The molecule has 1 aromatic carbocycles. The van der Waals surface area contributed by atoms with Crippen LogP contribution in [0.5, 0.6) is 0 Å². The van der Waals surface area contributed by atoms with E-state index in [0.29, 0.717) is 13.2 Å². The fraction of sp³-hybridized carbons (Fsp3) is 0.533. The molecule has 0 bridgehead atoms. The quantitative estimate of drug-likeness (QED) is 0.837. The van der Waals surface area contributed by atoms with Crippen molar-refractivity contribution in [1.82, 2.24) is 4.98 Å². The maximum Gasteiger partial charge on any atom is 0.210 e. The summed E-state index contributed by atoms with van der Waals surface area (Å²) >= 11 is 1.22. The monoisotopic (exact) mass is 341 g/mol. The first-order valence-electron chi connectivity index (χ1n) is 7.40. The van der Waals surface area contributed by atoms with Crippen molar-refractivity contribution in [2.75, 3.05) is 19.0 Å². The normalized spacial score (nSPS) is 23.0. The van der Waals surface area contributed by atoms with E-state index in [9.17, 15) is 8.42 Å². The van der Waals surface area contributed by atoms with Crippen LogP contribution < -0.4 is 0 Å². The summed E-state index contributed by atoms with van der Waals surface area (Å²) in [5.41, 5.74) is 0.727. The van der Waals surface area contributed by atoms with Gasteiger partial charge in [0, 0.05) is 5.92 Å². The fourth-order valence-corrected chi connectivity index (χ4v) is 5.32. The summed E-state index contributed by atoms with van der Waals surface area (Å²) in [6, 6.07) is 7.45. The van der Waals surface area contributed by atoms with Crippen LogP contribution in [-0.4, -0.2) is 38.7 Å². The van der Waals surface area contributed by atoms with Crippen LogP contribution >= 0.6 is 11.3 Å². The molecule has 0 atom stereocenters. The standard InChI is InChI=1S/C15H19NO4S2/c1-2-5-14-19-8-11(9-20-14)10-22(17,18)15-16-12-6-3-4-7-13(12)21-15/h3-4,6-7,11,14H,2,5,8-10H2,1H3. The van der Waals surface area contributed by atoms with E-state index in [0.717, 1.165) is 23.1 Å². The Hall–Kier alpha value is -1.02. The van der Waals surface area contributed by atoms with Gasteiger partial charge in [0.1, 0.15) is 0 Å². The van der Waals surface area contributed by atoms with Crippen molar-refractivity contribution < 1.29 is 17.9 Å². The lowest BCUT2D eigenvalue weighted by molar-refractivity contribution is -0.199. The highest BCUT2D eigenvalue weighted by Crippen LogP contribution is 2.27. The Morgan fingerprint density at radius 1 is 1.27 bits per heavy atom. The second-order valence-electron chi connectivity index (χ2n) is 5.48. The number of thiazole rings is 1. The number of benzene rings is 1. The van der Waals surface area contributed by atoms with E-state index in [1.165, 1.54) is 11.3 Å². The zero-order valence-electron chi connectivity index (χ0n) is 12.4. The summed E-state index contributed by atoms with van der Waals surface area (Å²) < 4.78 is 37.2. The van der Waals surface area contributed by atoms with Crippen molar-refractivity contribution in [2.45, 2.75) is 30.4 Å². The number of hydrogen-bond acceptors (Lipinski definition) is 6. The highest BCUT2D eigenvalue weighted by Gasteiger charge is 2.29. The third kappa shape index (κ3) is 3.48. The molecule has 2 aromatic rings. The van der Waals surface area contributed by atoms with Gasteiger partial charge in [0.05, 0.1) is 29.2 Å². The highest BCUT2D eigenvalue weighted by atomic mass is 32.2. The van der Waals surface area contributed by atoms with Crippen LogP contribution in [0.2, 0.25) is 0 Å². The van der Waals surface area contributed by atoms with Gasteiger partial charge in [-0.3, -0.25) is 0 Å². The first-order valence-corrected chi connectivity index (χ1v) is 9.87. The smallest absolute Gasteiger partial charge is 0.210 e. The molecule has 1 aliphatic rings. The lowest BCUT2D eigenvalue weighted by atomic mass is 10.2. The summed E-state index contributed by atoms with van der Waals surface area (Å²) in [7, 11) is -3.40. The van der Waals surface area contributed by atoms with E-state index < -0.39 is 9.84 Å². The molecule has 0 spiro atoms. The number of hydrogen-bond donors (Lipinski definition) is 0. The van der Waals surface area contributed by atoms with Crippen LogP contribution in [0.4, 0.5) is 0 Å². The Labute approximate surface area is 134 Å². The molecular formula is C15H19NO4S2. The van der Waals surface area contributed by atoms with Crippen LogP contribution in [0.1, 0.15) is 19.8 Å². The Morgan fingerprint density at radius 3 is 2.68 bits per heavy atom. The van der Waals surface area contributed by atoms with Crippen LogP contribution in [0, 0.1) is 5.92 Å². The van der Waals surface area contributed by atoms with Crippen LogP contribution in [0.15, 0.2) is 28.6 Å². The fourth-order valence-electron chi connectivity index (χ4n) is 2.45. The third-order valence-corrected chi connectivity index (χ3v) is 6.93. The van der Waals surface area contributed by atoms with Gasteiger partial charge in [-0.2, -0.15) is 0 Å². The SMILES string of the molecule is CCCC1OCC(CS(=O)(=O)c2nc3ccccc3s2)CO1. The maximum absolute atomic E-state index is 12.5. The van der Waals surface area contributed by atoms with Crippen molar-refractivity contribution in [1.29, 1.82) is 0 Å². The number of fused-ring (bicyclic) bond motifs is 1. The molecule has 0 amide bonds. The number of nitrogens with zero attached hydrogens (tertiary/aromatic N) is 1. The molecule has 22 heavy (non-hydrogen) atoms. The van der Waals surface area contributed by atoms with Gasteiger partial charge in [-0.25, -0.2) is 13.4 Å². The molecule has 1 aromatic heterocycles. The topological polar surface area (TPSA) is 65.5 Å². The predicted molar refractivity (Wildman–Crippen MR) is 85.8 cm³/mol. The molecule has 0 aliphatic carbocycles. The molecule has 1 fully saturated rings. The van der Waals surface area contributed by atoms with E-state index in [1.54, 1.807) is 0 Å². The minimum Gasteiger partial charge on any atom is -0.352 e. The van der Waals surface area contributed by atoms with E-state index in [2.05, 4.69) is 11.9 Å². The molecule has 1 saturated heterocycles. The molecule has 2 heterocycles. The first kappa shape index (κ1) is 15.9. The van der Waals surface area contributed by atoms with Crippen molar-refractivity contribution >= 4 is 31.4 Å². The maximum atomic E-state index is 12.5. The predicted octanol–water partition coefficient (Wildman–Crippen LogP) is 2.86. The van der Waals surface area contributed by atoms with Crippen molar-refractivity contribution in [3.63, 3.8) is 0 Å². The van der Waals surface area contributed by atoms with Gasteiger partial charge in [-0.1, -0.05) is 25.5 Å². The summed E-state index contributed by atoms with van der Waals surface area (Å²) in [4.78, 5) is 4.24. The van der Waals surface area contributed by atoms with Crippen molar-refractivity contribution in [2.24, 2.45) is 5.92 Å². The van der Waals surface area contributed by atoms with Gasteiger partial charge in [0.2, 0.25) is 14.2 Å². The van der Waals surface area contributed by atoms with Gasteiger partial charge in [0.25, 0.3) is 0 Å². The van der Waals surface area contributed by atoms with E-state index in [-0.39, 0.29) is 22.3 Å². The minimum atomic E-state index is -3.40. The van der Waals surface area contributed by atoms with Gasteiger partial charge >= 0.3 is 0 Å². The van der Waals surface area contributed by atoms with E-state index in [1.807, 2.05) is 24.3 Å². The lowest BCUT2D eigenvalue weighted by Crippen LogP contribution is -2.35. The molecule has 5 nitrogen and oxygen atoms in total. The number of sulfone groups is 1. The number of ether oxygens (including phenoxy) is 2. The lowest BCUT2D eigenvalue weighted by Gasteiger charge is -2.28. The van der Waals surface area contributed by atoms with E-state index in [4.69, 9.17) is 9.47 Å². The van der Waals surface area contributed by atoms with E-state index >= 15 is 0 Å². The molecule has 3 rings (SSSR count). The second kappa shape index (κ2) is 6.62. The molecule has 0 radical (unpaired) electrons. The van der Waals surface area contributed by atoms with Gasteiger partial charge in [0.15, 0.2) is 6.29 Å². The molecule has 0 unspecified atom stereocenters. The largest absolute Gasteiger partial charge is 0.352 e. The molecular weight excluding hydrogens is 322 g/mol. The summed E-state index contributed by atoms with van der Waals surface area (Å²) in [5, 5.41) is 0. The number of rotatable bonds is 5. The molecule has 7 heteroatoms. The Balaban J connectivity index is 1.69.